The monoisotopic (exact) mass is 276 g/mol. The summed E-state index contributed by atoms with van der Waals surface area (Å²) in [4.78, 5) is 18.3. The van der Waals surface area contributed by atoms with Gasteiger partial charge in [0.05, 0.1) is 6.10 Å². The van der Waals surface area contributed by atoms with Gasteiger partial charge >= 0.3 is 0 Å². The van der Waals surface area contributed by atoms with Crippen LogP contribution in [0.2, 0.25) is 0 Å². The number of aromatic nitrogens is 1. The van der Waals surface area contributed by atoms with Gasteiger partial charge in [0, 0.05) is 25.2 Å². The van der Waals surface area contributed by atoms with Crippen molar-refractivity contribution in [2.24, 2.45) is 5.92 Å². The van der Waals surface area contributed by atoms with Crippen molar-refractivity contribution in [1.29, 1.82) is 0 Å². The van der Waals surface area contributed by atoms with Crippen LogP contribution in [0.1, 0.15) is 23.8 Å². The predicted octanol–water partition coefficient (Wildman–Crippen LogP) is 1.49. The zero-order chi connectivity index (χ0) is 14.5. The van der Waals surface area contributed by atoms with Gasteiger partial charge in [-0.25, -0.2) is 4.98 Å². The van der Waals surface area contributed by atoms with E-state index in [1.165, 1.54) is 0 Å². The van der Waals surface area contributed by atoms with E-state index in [2.05, 4.69) is 11.6 Å². The molecule has 2 unspecified atom stereocenters. The normalized spacial score (nSPS) is 19.7. The molecule has 1 aliphatic heterocycles. The largest absolute Gasteiger partial charge is 0.487 e. The summed E-state index contributed by atoms with van der Waals surface area (Å²) in [6.07, 6.45) is 3.63. The van der Waals surface area contributed by atoms with Crippen LogP contribution in [0.25, 0.3) is 0 Å². The molecule has 1 aromatic rings. The van der Waals surface area contributed by atoms with E-state index in [0.717, 1.165) is 6.42 Å². The molecule has 2 atom stereocenters. The highest BCUT2D eigenvalue weighted by molar-refractivity contribution is 5.95. The lowest BCUT2D eigenvalue weighted by Crippen LogP contribution is -2.31. The molecule has 1 aromatic heterocycles. The Morgan fingerprint density at radius 1 is 1.75 bits per heavy atom. The van der Waals surface area contributed by atoms with Crippen molar-refractivity contribution < 1.29 is 14.6 Å². The molecule has 1 aliphatic rings. The number of likely N-dealkylation sites (tertiary alicyclic amines) is 1. The molecule has 0 spiro atoms. The number of nitrogens with zero attached hydrogens (tertiary/aromatic N) is 2. The Hall–Kier alpha value is -1.88. The Balaban J connectivity index is 2.11. The molecule has 2 heterocycles. The molecular weight excluding hydrogens is 256 g/mol. The fourth-order valence-electron chi connectivity index (χ4n) is 2.33. The van der Waals surface area contributed by atoms with Gasteiger partial charge < -0.3 is 14.7 Å². The third-order valence-corrected chi connectivity index (χ3v) is 3.52. The number of hydrogen-bond donors (Lipinski definition) is 1. The first-order valence-corrected chi connectivity index (χ1v) is 6.79. The van der Waals surface area contributed by atoms with Crippen LogP contribution in [0.4, 0.5) is 0 Å². The molecular formula is C15H20N2O3. The summed E-state index contributed by atoms with van der Waals surface area (Å²) < 4.78 is 5.46. The third-order valence-electron chi connectivity index (χ3n) is 3.52. The molecule has 0 aromatic carbocycles. The fraction of sp³-hybridized carbons (Fsp3) is 0.467. The van der Waals surface area contributed by atoms with Gasteiger partial charge in [-0.15, -0.1) is 0 Å². The van der Waals surface area contributed by atoms with Crippen LogP contribution in [0.15, 0.2) is 31.0 Å². The van der Waals surface area contributed by atoms with Crippen molar-refractivity contribution >= 4 is 5.91 Å². The quantitative estimate of drug-likeness (QED) is 0.828. The van der Waals surface area contributed by atoms with E-state index in [4.69, 9.17) is 4.74 Å². The molecule has 5 heteroatoms. The summed E-state index contributed by atoms with van der Waals surface area (Å²) in [6.45, 7) is 6.89. The van der Waals surface area contributed by atoms with Crippen molar-refractivity contribution in [2.75, 3.05) is 19.7 Å². The van der Waals surface area contributed by atoms with Crippen molar-refractivity contribution in [3.8, 4) is 5.75 Å². The summed E-state index contributed by atoms with van der Waals surface area (Å²) in [5.74, 6) is 0.464. The Kier molecular flexibility index (Phi) is 4.74. The van der Waals surface area contributed by atoms with Gasteiger partial charge in [0.15, 0.2) is 11.4 Å². The van der Waals surface area contributed by atoms with E-state index in [9.17, 15) is 9.90 Å². The highest BCUT2D eigenvalue weighted by Gasteiger charge is 2.31. The number of pyridine rings is 1. The maximum absolute atomic E-state index is 12.5. The minimum atomic E-state index is -0.395. The molecule has 20 heavy (non-hydrogen) atoms. The molecule has 5 nitrogen and oxygen atoms in total. The lowest BCUT2D eigenvalue weighted by atomic mass is 10.0. The zero-order valence-corrected chi connectivity index (χ0v) is 11.7. The van der Waals surface area contributed by atoms with Gasteiger partial charge in [-0.05, 0) is 25.5 Å². The molecule has 108 valence electrons. The van der Waals surface area contributed by atoms with Crippen LogP contribution in [0, 0.1) is 5.92 Å². The van der Waals surface area contributed by atoms with Gasteiger partial charge in [-0.2, -0.15) is 0 Å². The van der Waals surface area contributed by atoms with E-state index in [0.29, 0.717) is 31.1 Å². The van der Waals surface area contributed by atoms with Crippen molar-refractivity contribution in [3.63, 3.8) is 0 Å². The Morgan fingerprint density at radius 3 is 3.20 bits per heavy atom. The van der Waals surface area contributed by atoms with Crippen molar-refractivity contribution in [3.05, 3.63) is 36.7 Å². The minimum absolute atomic E-state index is 0.139. The smallest absolute Gasteiger partial charge is 0.276 e. The second-order valence-corrected chi connectivity index (χ2v) is 4.99. The first kappa shape index (κ1) is 14.5. The van der Waals surface area contributed by atoms with Gasteiger partial charge in [0.25, 0.3) is 5.91 Å². The second kappa shape index (κ2) is 6.52. The van der Waals surface area contributed by atoms with Gasteiger partial charge in [0.2, 0.25) is 0 Å². The average molecular weight is 276 g/mol. The van der Waals surface area contributed by atoms with Gasteiger partial charge in [0.1, 0.15) is 6.61 Å². The number of ether oxygens (including phenoxy) is 1. The van der Waals surface area contributed by atoms with Crippen molar-refractivity contribution in [1.82, 2.24) is 9.88 Å². The van der Waals surface area contributed by atoms with Crippen LogP contribution in [0.3, 0.4) is 0 Å². The highest BCUT2D eigenvalue weighted by Crippen LogP contribution is 2.24. The van der Waals surface area contributed by atoms with E-state index >= 15 is 0 Å². The lowest BCUT2D eigenvalue weighted by Gasteiger charge is -2.18. The summed E-state index contributed by atoms with van der Waals surface area (Å²) in [7, 11) is 0. The maximum Gasteiger partial charge on any atom is 0.276 e. The molecule has 1 fully saturated rings. The molecule has 2 rings (SSSR count). The van der Waals surface area contributed by atoms with E-state index in [-0.39, 0.29) is 11.8 Å². The number of rotatable bonds is 5. The number of carbonyl (C=O) groups excluding carboxylic acids is 1. The minimum Gasteiger partial charge on any atom is -0.487 e. The first-order chi connectivity index (χ1) is 9.63. The highest BCUT2D eigenvalue weighted by atomic mass is 16.5. The molecule has 1 N–H and O–H groups in total. The summed E-state index contributed by atoms with van der Waals surface area (Å²) >= 11 is 0. The molecule has 1 saturated heterocycles. The molecule has 1 amide bonds. The Labute approximate surface area is 118 Å². The molecule has 0 aliphatic carbocycles. The topological polar surface area (TPSA) is 62.7 Å². The van der Waals surface area contributed by atoms with Crippen LogP contribution >= 0.6 is 0 Å². The molecule has 0 saturated carbocycles. The lowest BCUT2D eigenvalue weighted by molar-refractivity contribution is 0.0752. The fourth-order valence-corrected chi connectivity index (χ4v) is 2.33. The van der Waals surface area contributed by atoms with E-state index in [1.54, 1.807) is 36.2 Å². The number of carbonyl (C=O) groups is 1. The van der Waals surface area contributed by atoms with Crippen molar-refractivity contribution in [2.45, 2.75) is 19.4 Å². The van der Waals surface area contributed by atoms with E-state index < -0.39 is 6.10 Å². The van der Waals surface area contributed by atoms with Crippen LogP contribution in [-0.2, 0) is 0 Å². The number of aliphatic hydroxyl groups excluding tert-OH is 1. The Morgan fingerprint density at radius 2 is 2.55 bits per heavy atom. The summed E-state index contributed by atoms with van der Waals surface area (Å²) in [5, 5.41) is 9.60. The molecule has 0 radical (unpaired) electrons. The van der Waals surface area contributed by atoms with E-state index in [1.807, 2.05) is 0 Å². The summed E-state index contributed by atoms with van der Waals surface area (Å²) in [5.41, 5.74) is 0.320. The van der Waals surface area contributed by atoms with Gasteiger partial charge in [-0.1, -0.05) is 12.7 Å². The predicted molar refractivity (Wildman–Crippen MR) is 75.6 cm³/mol. The van der Waals surface area contributed by atoms with Gasteiger partial charge in [-0.3, -0.25) is 4.79 Å². The van der Waals surface area contributed by atoms with Crippen LogP contribution in [-0.4, -0.2) is 46.7 Å². The number of aliphatic hydroxyl groups is 1. The Bertz CT molecular complexity index is 488. The zero-order valence-electron chi connectivity index (χ0n) is 11.7. The van der Waals surface area contributed by atoms with Crippen LogP contribution in [0.5, 0.6) is 5.75 Å². The maximum atomic E-state index is 12.5. The standard InChI is InChI=1S/C15H20N2O3/c1-3-9-20-13-5-4-7-16-14(13)15(19)17-8-6-12(10-17)11(2)18/h3-5,7,11-12,18H,1,6,8-10H2,2H3. The van der Waals surface area contributed by atoms with Crippen LogP contribution < -0.4 is 4.74 Å². The number of amides is 1. The molecule has 0 bridgehead atoms. The number of hydrogen-bond acceptors (Lipinski definition) is 4. The third kappa shape index (κ3) is 3.17. The first-order valence-electron chi connectivity index (χ1n) is 6.79. The average Bonchev–Trinajstić information content (AvgIpc) is 2.94. The SMILES string of the molecule is C=CCOc1cccnc1C(=O)N1CCC(C(C)O)C1. The second-order valence-electron chi connectivity index (χ2n) is 4.99. The summed E-state index contributed by atoms with van der Waals surface area (Å²) in [6, 6.07) is 3.46.